The minimum absolute atomic E-state index is 0.0195. The molecule has 6 heteroatoms. The Morgan fingerprint density at radius 2 is 2.25 bits per heavy atom. The highest BCUT2D eigenvalue weighted by Crippen LogP contribution is 2.34. The van der Waals surface area contributed by atoms with Crippen LogP contribution in [0.3, 0.4) is 0 Å². The number of thiazole rings is 1. The lowest BCUT2D eigenvalue weighted by Crippen LogP contribution is -2.48. The van der Waals surface area contributed by atoms with Crippen molar-refractivity contribution in [3.8, 4) is 0 Å². The third-order valence-electron chi connectivity index (χ3n) is 3.91. The van der Waals surface area contributed by atoms with Crippen molar-refractivity contribution in [1.82, 2.24) is 15.6 Å². The molecule has 1 aromatic heterocycles. The number of nitrogens with one attached hydrogen (secondary N) is 2. The molecule has 2 aliphatic rings. The van der Waals surface area contributed by atoms with E-state index in [4.69, 9.17) is 0 Å². The van der Waals surface area contributed by atoms with Gasteiger partial charge in [-0.05, 0) is 18.6 Å². The first-order valence-corrected chi connectivity index (χ1v) is 7.37. The number of benzene rings is 1. The van der Waals surface area contributed by atoms with E-state index in [1.54, 1.807) is 11.3 Å². The Bertz CT molecular complexity index is 692. The third kappa shape index (κ3) is 1.61. The average molecular weight is 286 g/mol. The summed E-state index contributed by atoms with van der Waals surface area (Å²) in [6.45, 7) is 5.24. The van der Waals surface area contributed by atoms with E-state index in [0.29, 0.717) is 12.4 Å². The number of hydrogen-bond acceptors (Lipinski definition) is 5. The van der Waals surface area contributed by atoms with Crippen molar-refractivity contribution in [1.29, 1.82) is 0 Å². The van der Waals surface area contributed by atoms with Gasteiger partial charge >= 0.3 is 0 Å². The molecular formula is C14H14N4OS. The standard InChI is InChI=1S/C14H14N4OS/c1-9-15-12(19)14(17-9)6-7-18(8-14)13-16-10-4-2-3-5-11(10)20-13/h2-5,17H,1,6-8H2,(H,15,19). The Morgan fingerprint density at radius 1 is 1.40 bits per heavy atom. The summed E-state index contributed by atoms with van der Waals surface area (Å²) >= 11 is 1.67. The van der Waals surface area contributed by atoms with Crippen LogP contribution in [0.2, 0.25) is 0 Å². The van der Waals surface area contributed by atoms with Gasteiger partial charge in [-0.25, -0.2) is 4.98 Å². The number of amides is 1. The fraction of sp³-hybridized carbons (Fsp3) is 0.286. The van der Waals surface area contributed by atoms with Gasteiger partial charge in [0.2, 0.25) is 0 Å². The Balaban J connectivity index is 1.65. The molecule has 1 unspecified atom stereocenters. The molecule has 2 fully saturated rings. The van der Waals surface area contributed by atoms with Crippen molar-refractivity contribution in [3.05, 3.63) is 36.7 Å². The van der Waals surface area contributed by atoms with Crippen LogP contribution < -0.4 is 15.5 Å². The smallest absolute Gasteiger partial charge is 0.253 e. The van der Waals surface area contributed by atoms with E-state index >= 15 is 0 Å². The van der Waals surface area contributed by atoms with Crippen LogP contribution in [0.4, 0.5) is 5.13 Å². The first kappa shape index (κ1) is 11.7. The van der Waals surface area contributed by atoms with Crippen LogP contribution >= 0.6 is 11.3 Å². The molecule has 1 aromatic carbocycles. The SMILES string of the molecule is C=C1NC(=O)C2(CCN(c3nc4ccccc4s3)C2)N1. The highest BCUT2D eigenvalue weighted by Gasteiger charge is 2.49. The molecule has 3 heterocycles. The average Bonchev–Trinajstić information content (AvgIpc) is 3.08. The zero-order chi connectivity index (χ0) is 13.7. The third-order valence-corrected chi connectivity index (χ3v) is 5.01. The second kappa shape index (κ2) is 3.96. The molecule has 0 radical (unpaired) electrons. The van der Waals surface area contributed by atoms with E-state index in [1.807, 2.05) is 18.2 Å². The van der Waals surface area contributed by atoms with Gasteiger partial charge in [0.25, 0.3) is 5.91 Å². The molecule has 0 bridgehead atoms. The summed E-state index contributed by atoms with van der Waals surface area (Å²) in [5.41, 5.74) is 0.483. The monoisotopic (exact) mass is 286 g/mol. The maximum atomic E-state index is 12.1. The van der Waals surface area contributed by atoms with Crippen LogP contribution in [-0.4, -0.2) is 29.5 Å². The van der Waals surface area contributed by atoms with Crippen LogP contribution in [0.5, 0.6) is 0 Å². The number of fused-ring (bicyclic) bond motifs is 1. The summed E-state index contributed by atoms with van der Waals surface area (Å²) in [6, 6.07) is 8.10. The number of nitrogens with zero attached hydrogens (tertiary/aromatic N) is 2. The summed E-state index contributed by atoms with van der Waals surface area (Å²) in [6.07, 6.45) is 0.772. The van der Waals surface area contributed by atoms with Gasteiger partial charge in [-0.2, -0.15) is 0 Å². The molecule has 0 aliphatic carbocycles. The van der Waals surface area contributed by atoms with Gasteiger partial charge in [-0.15, -0.1) is 0 Å². The first-order valence-electron chi connectivity index (χ1n) is 6.55. The van der Waals surface area contributed by atoms with Gasteiger partial charge in [-0.1, -0.05) is 30.0 Å². The Morgan fingerprint density at radius 3 is 3.00 bits per heavy atom. The largest absolute Gasteiger partial charge is 0.356 e. The highest BCUT2D eigenvalue weighted by atomic mass is 32.1. The molecule has 102 valence electrons. The Hall–Kier alpha value is -2.08. The normalized spacial score (nSPS) is 25.5. The molecule has 20 heavy (non-hydrogen) atoms. The lowest BCUT2D eigenvalue weighted by Gasteiger charge is -2.21. The van der Waals surface area contributed by atoms with Gasteiger partial charge in [0, 0.05) is 6.54 Å². The fourth-order valence-electron chi connectivity index (χ4n) is 2.89. The predicted octanol–water partition coefficient (Wildman–Crippen LogP) is 1.44. The van der Waals surface area contributed by atoms with E-state index in [0.717, 1.165) is 23.6 Å². The second-order valence-electron chi connectivity index (χ2n) is 5.28. The van der Waals surface area contributed by atoms with E-state index in [-0.39, 0.29) is 5.91 Å². The van der Waals surface area contributed by atoms with Crippen molar-refractivity contribution in [2.45, 2.75) is 12.0 Å². The summed E-state index contributed by atoms with van der Waals surface area (Å²) in [5.74, 6) is 0.618. The maximum absolute atomic E-state index is 12.1. The molecule has 2 aromatic rings. The Kier molecular flexibility index (Phi) is 2.32. The summed E-state index contributed by atoms with van der Waals surface area (Å²) in [5, 5.41) is 6.93. The number of carbonyl (C=O) groups is 1. The van der Waals surface area contributed by atoms with Gasteiger partial charge in [0.05, 0.1) is 22.6 Å². The van der Waals surface area contributed by atoms with E-state index < -0.39 is 5.54 Å². The maximum Gasteiger partial charge on any atom is 0.253 e. The van der Waals surface area contributed by atoms with Crippen LogP contribution in [0.25, 0.3) is 10.2 Å². The second-order valence-corrected chi connectivity index (χ2v) is 6.28. The van der Waals surface area contributed by atoms with Gasteiger partial charge in [0.15, 0.2) is 5.13 Å². The number of carbonyl (C=O) groups excluding carboxylic acids is 1. The van der Waals surface area contributed by atoms with E-state index in [2.05, 4.69) is 33.2 Å². The summed E-state index contributed by atoms with van der Waals surface area (Å²) in [7, 11) is 0. The zero-order valence-corrected chi connectivity index (χ0v) is 11.7. The van der Waals surface area contributed by atoms with Gasteiger partial charge in [0.1, 0.15) is 5.54 Å². The summed E-state index contributed by atoms with van der Waals surface area (Å²) < 4.78 is 1.18. The lowest BCUT2D eigenvalue weighted by atomic mass is 10.00. The molecule has 1 spiro atoms. The molecule has 2 aliphatic heterocycles. The Labute approximate surface area is 120 Å². The number of anilines is 1. The topological polar surface area (TPSA) is 57.3 Å². The molecular weight excluding hydrogens is 272 g/mol. The highest BCUT2D eigenvalue weighted by molar-refractivity contribution is 7.22. The molecule has 1 atom stereocenters. The lowest BCUT2D eigenvalue weighted by molar-refractivity contribution is -0.123. The van der Waals surface area contributed by atoms with Crippen molar-refractivity contribution in [2.75, 3.05) is 18.0 Å². The van der Waals surface area contributed by atoms with E-state index in [1.165, 1.54) is 4.70 Å². The van der Waals surface area contributed by atoms with Gasteiger partial charge in [-0.3, -0.25) is 4.79 Å². The van der Waals surface area contributed by atoms with Crippen molar-refractivity contribution >= 4 is 32.6 Å². The molecule has 4 rings (SSSR count). The van der Waals surface area contributed by atoms with Crippen LogP contribution in [-0.2, 0) is 4.79 Å². The van der Waals surface area contributed by atoms with Crippen molar-refractivity contribution in [2.24, 2.45) is 0 Å². The molecule has 5 nitrogen and oxygen atoms in total. The molecule has 2 saturated heterocycles. The first-order chi connectivity index (χ1) is 9.66. The van der Waals surface area contributed by atoms with E-state index in [9.17, 15) is 4.79 Å². The number of aromatic nitrogens is 1. The predicted molar refractivity (Wildman–Crippen MR) is 79.6 cm³/mol. The summed E-state index contributed by atoms with van der Waals surface area (Å²) in [4.78, 5) is 18.9. The quantitative estimate of drug-likeness (QED) is 0.833. The molecule has 0 saturated carbocycles. The van der Waals surface area contributed by atoms with Gasteiger partial charge < -0.3 is 15.5 Å². The fourth-order valence-corrected chi connectivity index (χ4v) is 3.88. The van der Waals surface area contributed by atoms with Crippen LogP contribution in [0, 0.1) is 0 Å². The number of para-hydroxylation sites is 1. The van der Waals surface area contributed by atoms with Crippen LogP contribution in [0.1, 0.15) is 6.42 Å². The number of rotatable bonds is 1. The molecule has 2 N–H and O–H groups in total. The molecule has 1 amide bonds. The van der Waals surface area contributed by atoms with Crippen molar-refractivity contribution < 1.29 is 4.79 Å². The zero-order valence-electron chi connectivity index (χ0n) is 10.8. The number of hydrogen-bond donors (Lipinski definition) is 2. The minimum Gasteiger partial charge on any atom is -0.356 e. The van der Waals surface area contributed by atoms with Crippen LogP contribution in [0.15, 0.2) is 36.7 Å². The van der Waals surface area contributed by atoms with Crippen molar-refractivity contribution in [3.63, 3.8) is 0 Å². The minimum atomic E-state index is -0.533.